The minimum absolute atomic E-state index is 0.265. The van der Waals surface area contributed by atoms with E-state index in [1.807, 2.05) is 0 Å². The molecule has 0 spiro atoms. The Morgan fingerprint density at radius 3 is 1.04 bits per heavy atom. The monoisotopic (exact) mass is 859 g/mol. The molecule has 0 heterocycles. The number of nitrogens with zero attached hydrogens (tertiary/aromatic N) is 1. The molecule has 1 heteroatoms. The average molecular weight is 860 g/mol. The Kier molecular flexibility index (Phi) is 8.67. The average Bonchev–Trinajstić information content (AvgIpc) is 3.85. The van der Waals surface area contributed by atoms with E-state index < -0.39 is 10.8 Å². The summed E-state index contributed by atoms with van der Waals surface area (Å²) in [4.78, 5) is 2.61. The van der Waals surface area contributed by atoms with Crippen LogP contribution >= 0.6 is 0 Å². The van der Waals surface area contributed by atoms with Crippen molar-refractivity contribution in [2.45, 2.75) is 54.8 Å². The lowest BCUT2D eigenvalue weighted by atomic mass is 9.48. The zero-order valence-corrected chi connectivity index (χ0v) is 37.9. The molecule has 67 heavy (non-hydrogen) atoms. The van der Waals surface area contributed by atoms with Crippen LogP contribution in [-0.2, 0) is 16.2 Å². The van der Waals surface area contributed by atoms with E-state index >= 15 is 0 Å². The third kappa shape index (κ3) is 5.61. The van der Waals surface area contributed by atoms with Gasteiger partial charge in [-0.05, 0) is 170 Å². The standard InChI is InChI=1S/C66H53N/c1-5-18-48(19-6-1)65(49-20-7-2-8-21-49)60-30-15-13-28-56(60)58-34-32-54(40-62(58)65)67(53-27-17-26-52(39-53)64-42-45-36-46(43-64)38-47(37-45)44-64)55-33-35-59-57-29-14-16-31-61(57)66(63(59)41-55,50-22-9-3-10-23-50)51-24-11-4-12-25-51/h1-35,39-41,45-47H,36-38,42-44H2. The normalized spacial score (nSPS) is 21.8. The smallest absolute Gasteiger partial charge is 0.0714 e. The predicted molar refractivity (Wildman–Crippen MR) is 276 cm³/mol. The fourth-order valence-corrected chi connectivity index (χ4v) is 15.0. The zero-order valence-electron chi connectivity index (χ0n) is 37.9. The molecule has 4 saturated carbocycles. The van der Waals surface area contributed by atoms with Crippen molar-refractivity contribution in [2.75, 3.05) is 4.90 Å². The predicted octanol–water partition coefficient (Wildman–Crippen LogP) is 16.4. The van der Waals surface area contributed by atoms with Crippen LogP contribution in [0.25, 0.3) is 22.3 Å². The Hall–Kier alpha value is -7.22. The van der Waals surface area contributed by atoms with Crippen LogP contribution in [0.5, 0.6) is 0 Å². The van der Waals surface area contributed by atoms with E-state index in [0.29, 0.717) is 0 Å². The molecule has 6 aliphatic carbocycles. The summed E-state index contributed by atoms with van der Waals surface area (Å²) < 4.78 is 0. The second kappa shape index (κ2) is 14.9. The second-order valence-corrected chi connectivity index (χ2v) is 20.6. The van der Waals surface area contributed by atoms with Gasteiger partial charge < -0.3 is 4.90 Å². The highest BCUT2D eigenvalue weighted by atomic mass is 15.1. The Morgan fingerprint density at radius 1 is 0.284 bits per heavy atom. The van der Waals surface area contributed by atoms with Crippen molar-refractivity contribution in [3.8, 4) is 22.3 Å². The van der Waals surface area contributed by atoms with E-state index in [1.165, 1.54) is 122 Å². The molecule has 0 aromatic heterocycles. The number of benzene rings is 9. The molecule has 9 aromatic carbocycles. The fourth-order valence-electron chi connectivity index (χ4n) is 15.0. The zero-order chi connectivity index (χ0) is 44.2. The summed E-state index contributed by atoms with van der Waals surface area (Å²) >= 11 is 0. The number of hydrogen-bond acceptors (Lipinski definition) is 1. The van der Waals surface area contributed by atoms with Crippen LogP contribution in [0.2, 0.25) is 0 Å². The Balaban J connectivity index is 1.03. The first-order valence-electron chi connectivity index (χ1n) is 24.8. The maximum Gasteiger partial charge on any atom is 0.0714 e. The molecule has 0 atom stereocenters. The molecule has 322 valence electrons. The van der Waals surface area contributed by atoms with Gasteiger partial charge in [0.1, 0.15) is 0 Å². The number of hydrogen-bond donors (Lipinski definition) is 0. The van der Waals surface area contributed by atoms with Crippen LogP contribution in [-0.4, -0.2) is 0 Å². The summed E-state index contributed by atoms with van der Waals surface area (Å²) in [6.45, 7) is 0. The maximum absolute atomic E-state index is 2.61. The van der Waals surface area contributed by atoms with Gasteiger partial charge in [0, 0.05) is 17.1 Å². The van der Waals surface area contributed by atoms with Gasteiger partial charge in [-0.15, -0.1) is 0 Å². The second-order valence-electron chi connectivity index (χ2n) is 20.6. The largest absolute Gasteiger partial charge is 0.310 e. The van der Waals surface area contributed by atoms with Crippen molar-refractivity contribution < 1.29 is 0 Å². The third-order valence-electron chi connectivity index (χ3n) is 17.2. The van der Waals surface area contributed by atoms with Gasteiger partial charge in [-0.1, -0.05) is 194 Å². The molecule has 0 amide bonds. The quantitative estimate of drug-likeness (QED) is 0.147. The van der Waals surface area contributed by atoms with Gasteiger partial charge in [0.25, 0.3) is 0 Å². The highest BCUT2D eigenvalue weighted by molar-refractivity contribution is 5.92. The third-order valence-corrected chi connectivity index (χ3v) is 17.2. The number of fused-ring (bicyclic) bond motifs is 6. The number of anilines is 3. The first-order valence-corrected chi connectivity index (χ1v) is 24.8. The highest BCUT2D eigenvalue weighted by Crippen LogP contribution is 2.63. The van der Waals surface area contributed by atoms with E-state index in [-0.39, 0.29) is 5.41 Å². The van der Waals surface area contributed by atoms with Crippen molar-refractivity contribution in [3.05, 3.63) is 281 Å². The van der Waals surface area contributed by atoms with E-state index in [1.54, 1.807) is 5.56 Å². The first-order chi connectivity index (χ1) is 33.1. The lowest BCUT2D eigenvalue weighted by Crippen LogP contribution is -2.48. The fraction of sp³-hybridized carbons (Fsp3) is 0.182. The molecule has 0 saturated heterocycles. The summed E-state index contributed by atoms with van der Waals surface area (Å²) in [5.41, 5.74) is 20.0. The van der Waals surface area contributed by atoms with Crippen molar-refractivity contribution in [1.82, 2.24) is 0 Å². The van der Waals surface area contributed by atoms with Crippen LogP contribution in [0.4, 0.5) is 17.1 Å². The van der Waals surface area contributed by atoms with Crippen LogP contribution in [0.1, 0.15) is 88.6 Å². The molecule has 4 bridgehead atoms. The topological polar surface area (TPSA) is 3.24 Å². The molecule has 9 aromatic rings. The van der Waals surface area contributed by atoms with Gasteiger partial charge in [-0.2, -0.15) is 0 Å². The van der Waals surface area contributed by atoms with Gasteiger partial charge >= 0.3 is 0 Å². The van der Waals surface area contributed by atoms with E-state index in [4.69, 9.17) is 0 Å². The summed E-state index contributed by atoms with van der Waals surface area (Å²) in [5.74, 6) is 2.61. The minimum Gasteiger partial charge on any atom is -0.310 e. The van der Waals surface area contributed by atoms with Gasteiger partial charge in [-0.3, -0.25) is 0 Å². The summed E-state index contributed by atoms with van der Waals surface area (Å²) in [7, 11) is 0. The molecular formula is C66H53N. The molecule has 0 aliphatic heterocycles. The van der Waals surface area contributed by atoms with Crippen molar-refractivity contribution >= 4 is 17.1 Å². The molecule has 15 rings (SSSR count). The molecule has 0 N–H and O–H groups in total. The first kappa shape index (κ1) is 39.0. The van der Waals surface area contributed by atoms with Crippen molar-refractivity contribution in [2.24, 2.45) is 17.8 Å². The van der Waals surface area contributed by atoms with Crippen LogP contribution < -0.4 is 4.90 Å². The molecular weight excluding hydrogens is 807 g/mol. The summed E-state index contributed by atoms with van der Waals surface area (Å²) in [6, 6.07) is 87.8. The molecule has 1 nitrogen and oxygen atoms in total. The molecule has 6 aliphatic rings. The van der Waals surface area contributed by atoms with Gasteiger partial charge in [0.15, 0.2) is 0 Å². The van der Waals surface area contributed by atoms with Gasteiger partial charge in [-0.25, -0.2) is 0 Å². The highest BCUT2D eigenvalue weighted by Gasteiger charge is 2.52. The van der Waals surface area contributed by atoms with Gasteiger partial charge in [0.05, 0.1) is 10.8 Å². The van der Waals surface area contributed by atoms with E-state index in [0.717, 1.165) is 17.8 Å². The van der Waals surface area contributed by atoms with Gasteiger partial charge in [0.2, 0.25) is 0 Å². The Labute approximate surface area is 395 Å². The Bertz CT molecular complexity index is 3030. The lowest BCUT2D eigenvalue weighted by molar-refractivity contribution is -0.00516. The summed E-state index contributed by atoms with van der Waals surface area (Å²) in [6.07, 6.45) is 8.33. The Morgan fingerprint density at radius 2 is 0.627 bits per heavy atom. The number of rotatable bonds is 8. The van der Waals surface area contributed by atoms with E-state index in [2.05, 4.69) is 235 Å². The molecule has 0 radical (unpaired) electrons. The maximum atomic E-state index is 2.61. The van der Waals surface area contributed by atoms with Crippen LogP contribution in [0.3, 0.4) is 0 Å². The minimum atomic E-state index is -0.507. The molecule has 0 unspecified atom stereocenters. The molecule has 4 fully saturated rings. The lowest BCUT2D eigenvalue weighted by Gasteiger charge is -2.57. The van der Waals surface area contributed by atoms with E-state index in [9.17, 15) is 0 Å². The van der Waals surface area contributed by atoms with Crippen molar-refractivity contribution in [1.29, 1.82) is 0 Å². The van der Waals surface area contributed by atoms with Crippen LogP contribution in [0.15, 0.2) is 231 Å². The SMILES string of the molecule is c1ccc(C2(c3ccccc3)c3ccccc3-c3ccc(N(c4cccc(C56CC7CC(CC(C7)C5)C6)c4)c4ccc5c(c4)C(c4ccccc4)(c4ccccc4)c4ccccc4-5)cc32)cc1. The van der Waals surface area contributed by atoms with Crippen molar-refractivity contribution in [3.63, 3.8) is 0 Å². The summed E-state index contributed by atoms with van der Waals surface area (Å²) in [5, 5.41) is 0. The van der Waals surface area contributed by atoms with Crippen LogP contribution in [0, 0.1) is 17.8 Å².